The number of urea groups is 1. The van der Waals surface area contributed by atoms with Crippen molar-refractivity contribution in [3.8, 4) is 0 Å². The van der Waals surface area contributed by atoms with E-state index in [4.69, 9.17) is 0 Å². The molecule has 28 heavy (non-hydrogen) atoms. The van der Waals surface area contributed by atoms with Crippen molar-refractivity contribution < 1.29 is 9.59 Å². The lowest BCUT2D eigenvalue weighted by Crippen LogP contribution is -2.30. The van der Waals surface area contributed by atoms with Crippen LogP contribution in [0.4, 0.5) is 10.5 Å². The number of amides is 3. The van der Waals surface area contributed by atoms with Gasteiger partial charge in [0.15, 0.2) is 0 Å². The van der Waals surface area contributed by atoms with Crippen LogP contribution in [-0.2, 0) is 19.6 Å². The number of hydrogen-bond donors (Lipinski definition) is 2. The zero-order valence-electron chi connectivity index (χ0n) is 15.0. The van der Waals surface area contributed by atoms with Crippen LogP contribution in [0.5, 0.6) is 0 Å². The number of aromatic nitrogens is 3. The molecule has 0 unspecified atom stereocenters. The lowest BCUT2D eigenvalue weighted by Gasteiger charge is -2.16. The summed E-state index contributed by atoms with van der Waals surface area (Å²) in [5, 5.41) is 5.66. The van der Waals surface area contributed by atoms with Crippen molar-refractivity contribution in [3.63, 3.8) is 0 Å². The minimum atomic E-state index is -0.209. The first kappa shape index (κ1) is 17.6. The Kier molecular flexibility index (Phi) is 4.92. The highest BCUT2D eigenvalue weighted by molar-refractivity contribution is 5.95. The molecule has 8 heteroatoms. The van der Waals surface area contributed by atoms with Crippen molar-refractivity contribution in [2.75, 3.05) is 5.32 Å². The molecule has 1 aliphatic rings. The van der Waals surface area contributed by atoms with Crippen molar-refractivity contribution in [1.82, 2.24) is 25.2 Å². The smallest absolute Gasteiger partial charge is 0.322 e. The van der Waals surface area contributed by atoms with Crippen molar-refractivity contribution in [3.05, 3.63) is 83.7 Å². The van der Waals surface area contributed by atoms with E-state index in [1.807, 2.05) is 6.07 Å². The Bertz CT molecular complexity index is 966. The van der Waals surface area contributed by atoms with Crippen molar-refractivity contribution in [2.24, 2.45) is 0 Å². The van der Waals surface area contributed by atoms with Crippen LogP contribution in [0.25, 0.3) is 0 Å². The molecular formula is C20H18N6O2. The van der Waals surface area contributed by atoms with Crippen LogP contribution in [0.15, 0.2) is 61.3 Å². The normalized spacial score (nSPS) is 12.4. The SMILES string of the molecule is O=C(NCc1ccncn1)c1ccc(NC(=O)N2Cc3ccncc3C2)cc1. The average Bonchev–Trinajstić information content (AvgIpc) is 3.18. The summed E-state index contributed by atoms with van der Waals surface area (Å²) < 4.78 is 0. The van der Waals surface area contributed by atoms with Gasteiger partial charge in [-0.2, -0.15) is 0 Å². The number of benzene rings is 1. The molecular weight excluding hydrogens is 356 g/mol. The first-order chi connectivity index (χ1) is 13.7. The zero-order valence-corrected chi connectivity index (χ0v) is 15.0. The van der Waals surface area contributed by atoms with Crippen LogP contribution >= 0.6 is 0 Å². The second kappa shape index (κ2) is 7.83. The molecule has 1 aliphatic heterocycles. The summed E-state index contributed by atoms with van der Waals surface area (Å²) >= 11 is 0. The molecule has 0 aliphatic carbocycles. The Morgan fingerprint density at radius 3 is 2.50 bits per heavy atom. The fraction of sp³-hybridized carbons (Fsp3) is 0.150. The van der Waals surface area contributed by atoms with Gasteiger partial charge in [0.25, 0.3) is 5.91 Å². The van der Waals surface area contributed by atoms with Gasteiger partial charge in [-0.3, -0.25) is 9.78 Å². The number of hydrogen-bond acceptors (Lipinski definition) is 5. The average molecular weight is 374 g/mol. The molecule has 3 amide bonds. The molecule has 2 aromatic heterocycles. The maximum atomic E-state index is 12.5. The topological polar surface area (TPSA) is 100 Å². The van der Waals surface area contributed by atoms with E-state index in [-0.39, 0.29) is 11.9 Å². The molecule has 0 saturated carbocycles. The second-order valence-corrected chi connectivity index (χ2v) is 6.39. The Hall–Kier alpha value is -3.81. The van der Waals surface area contributed by atoms with Crippen LogP contribution in [-0.4, -0.2) is 31.8 Å². The molecule has 3 aromatic rings. The van der Waals surface area contributed by atoms with E-state index in [2.05, 4.69) is 25.6 Å². The summed E-state index contributed by atoms with van der Waals surface area (Å²) in [6.45, 7) is 1.43. The number of anilines is 1. The first-order valence-electron chi connectivity index (χ1n) is 8.80. The van der Waals surface area contributed by atoms with Gasteiger partial charge in [0.05, 0.1) is 12.2 Å². The summed E-state index contributed by atoms with van der Waals surface area (Å²) in [6, 6.07) is 10.3. The molecule has 8 nitrogen and oxygen atoms in total. The van der Waals surface area contributed by atoms with Crippen molar-refractivity contribution >= 4 is 17.6 Å². The summed E-state index contributed by atoms with van der Waals surface area (Å²) in [6.07, 6.45) is 6.59. The largest absolute Gasteiger partial charge is 0.346 e. The highest BCUT2D eigenvalue weighted by atomic mass is 16.2. The first-order valence-corrected chi connectivity index (χ1v) is 8.80. The van der Waals surface area contributed by atoms with E-state index in [1.165, 1.54) is 6.33 Å². The molecule has 2 N–H and O–H groups in total. The molecule has 0 atom stereocenters. The third-order valence-electron chi connectivity index (χ3n) is 4.49. The van der Waals surface area contributed by atoms with Crippen LogP contribution in [0, 0.1) is 0 Å². The molecule has 0 fully saturated rings. The van der Waals surface area contributed by atoms with E-state index in [0.717, 1.165) is 16.8 Å². The van der Waals surface area contributed by atoms with E-state index >= 15 is 0 Å². The molecule has 0 bridgehead atoms. The monoisotopic (exact) mass is 374 g/mol. The maximum absolute atomic E-state index is 12.5. The Balaban J connectivity index is 1.32. The fourth-order valence-electron chi connectivity index (χ4n) is 2.97. The third-order valence-corrected chi connectivity index (χ3v) is 4.49. The van der Waals surface area contributed by atoms with Gasteiger partial charge in [0, 0.05) is 42.9 Å². The standard InChI is InChI=1S/C20H18N6O2/c27-19(23-10-18-6-8-22-13-24-18)14-1-3-17(4-2-14)25-20(28)26-11-15-5-7-21-9-16(15)12-26/h1-9,13H,10-12H2,(H,23,27)(H,25,28). The number of carbonyl (C=O) groups is 2. The number of fused-ring (bicyclic) bond motifs is 1. The van der Waals surface area contributed by atoms with E-state index in [9.17, 15) is 9.59 Å². The van der Waals surface area contributed by atoms with Gasteiger partial charge in [-0.05, 0) is 47.5 Å². The van der Waals surface area contributed by atoms with Crippen molar-refractivity contribution in [1.29, 1.82) is 0 Å². The molecule has 3 heterocycles. The number of nitrogens with one attached hydrogen (secondary N) is 2. The lowest BCUT2D eigenvalue weighted by molar-refractivity contribution is 0.0950. The molecule has 1 aromatic carbocycles. The molecule has 0 spiro atoms. The second-order valence-electron chi connectivity index (χ2n) is 6.39. The number of pyridine rings is 1. The summed E-state index contributed by atoms with van der Waals surface area (Å²) in [5.74, 6) is -0.209. The summed E-state index contributed by atoms with van der Waals surface area (Å²) in [4.78, 5) is 38.4. The Morgan fingerprint density at radius 1 is 0.964 bits per heavy atom. The zero-order chi connectivity index (χ0) is 19.3. The predicted molar refractivity (Wildman–Crippen MR) is 102 cm³/mol. The van der Waals surface area contributed by atoms with Gasteiger partial charge in [0.1, 0.15) is 6.33 Å². The quantitative estimate of drug-likeness (QED) is 0.730. The van der Waals surface area contributed by atoms with Crippen LogP contribution in [0.2, 0.25) is 0 Å². The molecule has 0 saturated heterocycles. The number of rotatable bonds is 4. The predicted octanol–water partition coefficient (Wildman–Crippen LogP) is 2.35. The molecule has 140 valence electrons. The minimum absolute atomic E-state index is 0.183. The molecule has 0 radical (unpaired) electrons. The van der Waals surface area contributed by atoms with Gasteiger partial charge in [-0.1, -0.05) is 0 Å². The van der Waals surface area contributed by atoms with Crippen LogP contribution in [0.3, 0.4) is 0 Å². The summed E-state index contributed by atoms with van der Waals surface area (Å²) in [5.41, 5.74) is 4.04. The van der Waals surface area contributed by atoms with E-state index in [1.54, 1.807) is 53.8 Å². The number of carbonyl (C=O) groups excluding carboxylic acids is 2. The van der Waals surface area contributed by atoms with Gasteiger partial charge in [-0.25, -0.2) is 14.8 Å². The highest BCUT2D eigenvalue weighted by Gasteiger charge is 2.23. The van der Waals surface area contributed by atoms with Crippen LogP contribution < -0.4 is 10.6 Å². The fourth-order valence-corrected chi connectivity index (χ4v) is 2.97. The third kappa shape index (κ3) is 3.96. The van der Waals surface area contributed by atoms with E-state index in [0.29, 0.717) is 30.9 Å². The van der Waals surface area contributed by atoms with Gasteiger partial charge in [0.2, 0.25) is 0 Å². The summed E-state index contributed by atoms with van der Waals surface area (Å²) in [7, 11) is 0. The maximum Gasteiger partial charge on any atom is 0.322 e. The Morgan fingerprint density at radius 2 is 1.75 bits per heavy atom. The Labute approximate surface area is 161 Å². The van der Waals surface area contributed by atoms with Gasteiger partial charge < -0.3 is 15.5 Å². The van der Waals surface area contributed by atoms with Crippen molar-refractivity contribution in [2.45, 2.75) is 19.6 Å². The van der Waals surface area contributed by atoms with Crippen LogP contribution in [0.1, 0.15) is 27.2 Å². The highest BCUT2D eigenvalue weighted by Crippen LogP contribution is 2.22. The number of nitrogens with zero attached hydrogens (tertiary/aromatic N) is 4. The van der Waals surface area contributed by atoms with Gasteiger partial charge in [-0.15, -0.1) is 0 Å². The minimum Gasteiger partial charge on any atom is -0.346 e. The van der Waals surface area contributed by atoms with Gasteiger partial charge >= 0.3 is 6.03 Å². The molecule has 4 rings (SSSR count). The lowest BCUT2D eigenvalue weighted by atomic mass is 10.2. The van der Waals surface area contributed by atoms with E-state index < -0.39 is 0 Å².